The second-order valence-electron chi connectivity index (χ2n) is 2.18. The summed E-state index contributed by atoms with van der Waals surface area (Å²) >= 11 is 0. The average molecular weight is 117 g/mol. The first-order chi connectivity index (χ1) is 4.18. The van der Waals surface area contributed by atoms with Gasteiger partial charge in [-0.1, -0.05) is 20.7 Å². The molecule has 0 spiro atoms. The van der Waals surface area contributed by atoms with E-state index in [2.05, 4.69) is 0 Å². The quantitative estimate of drug-likeness (QED) is 0.599. The van der Waals surface area contributed by atoms with E-state index < -0.39 is 5.60 Å². The van der Waals surface area contributed by atoms with Crippen molar-refractivity contribution in [3.05, 3.63) is 0 Å². The molecule has 0 aromatic rings. The minimum Gasteiger partial charge on any atom is -0.390 e. The van der Waals surface area contributed by atoms with Gasteiger partial charge in [-0.15, -0.1) is 0 Å². The summed E-state index contributed by atoms with van der Waals surface area (Å²) in [6.45, 7) is 4.25. The van der Waals surface area contributed by atoms with E-state index in [-0.39, 0.29) is 0 Å². The summed E-state index contributed by atoms with van der Waals surface area (Å²) in [5.74, 6) is 0. The molecule has 1 nitrogen and oxygen atoms in total. The van der Waals surface area contributed by atoms with E-state index in [0.29, 0.717) is 13.3 Å². The van der Waals surface area contributed by atoms with E-state index in [1.165, 1.54) is 0 Å². The van der Waals surface area contributed by atoms with Crippen LogP contribution in [0.5, 0.6) is 0 Å². The van der Waals surface area contributed by atoms with Gasteiger partial charge in [-0.2, -0.15) is 0 Å². The highest BCUT2D eigenvalue weighted by molar-refractivity contribution is 4.71. The van der Waals surface area contributed by atoms with E-state index in [1.807, 2.05) is 13.8 Å². The summed E-state index contributed by atoms with van der Waals surface area (Å²) < 4.78 is 6.90. The standard InChI is InChI=1S/C7H16O/c1-4-7(8,5-2)6-3/h8H,4-6H2,1-3H3/i1D. The lowest BCUT2D eigenvalue weighted by Gasteiger charge is -2.22. The van der Waals surface area contributed by atoms with Crippen molar-refractivity contribution >= 4 is 0 Å². The van der Waals surface area contributed by atoms with Crippen molar-refractivity contribution in [3.8, 4) is 0 Å². The zero-order valence-electron chi connectivity index (χ0n) is 6.78. The van der Waals surface area contributed by atoms with E-state index in [4.69, 9.17) is 1.37 Å². The predicted octanol–water partition coefficient (Wildman–Crippen LogP) is 1.95. The molecule has 0 aromatic heterocycles. The van der Waals surface area contributed by atoms with Crippen molar-refractivity contribution in [1.29, 1.82) is 0 Å². The van der Waals surface area contributed by atoms with Gasteiger partial charge in [0, 0.05) is 1.37 Å². The van der Waals surface area contributed by atoms with Crippen LogP contribution in [0.1, 0.15) is 41.4 Å². The highest BCUT2D eigenvalue weighted by Gasteiger charge is 2.17. The average Bonchev–Trinajstić information content (AvgIpc) is 1.89. The topological polar surface area (TPSA) is 20.2 Å². The Balaban J connectivity index is 3.62. The summed E-state index contributed by atoms with van der Waals surface area (Å²) in [6, 6.07) is 0. The Hall–Kier alpha value is -0.0400. The number of rotatable bonds is 3. The van der Waals surface area contributed by atoms with Crippen LogP contribution in [-0.4, -0.2) is 10.7 Å². The highest BCUT2D eigenvalue weighted by Crippen LogP contribution is 2.17. The third kappa shape index (κ3) is 1.83. The Morgan fingerprint density at radius 1 is 1.38 bits per heavy atom. The highest BCUT2D eigenvalue weighted by atomic mass is 16.3. The van der Waals surface area contributed by atoms with E-state index >= 15 is 0 Å². The summed E-state index contributed by atoms with van der Waals surface area (Å²) in [5.41, 5.74) is -0.554. The second kappa shape index (κ2) is 3.08. The van der Waals surface area contributed by atoms with Crippen LogP contribution in [0.2, 0.25) is 0 Å². The molecular weight excluding hydrogens is 100 g/mol. The van der Waals surface area contributed by atoms with Gasteiger partial charge in [0.15, 0.2) is 0 Å². The first kappa shape index (κ1) is 6.09. The van der Waals surface area contributed by atoms with Gasteiger partial charge in [0.25, 0.3) is 0 Å². The summed E-state index contributed by atoms with van der Waals surface area (Å²) in [5, 5.41) is 9.51. The molecule has 50 valence electrons. The molecule has 0 aliphatic carbocycles. The molecule has 0 rings (SSSR count). The van der Waals surface area contributed by atoms with Crippen molar-refractivity contribution in [2.45, 2.75) is 45.6 Å². The van der Waals surface area contributed by atoms with Crippen LogP contribution in [0.3, 0.4) is 0 Å². The largest absolute Gasteiger partial charge is 0.390 e. The van der Waals surface area contributed by atoms with Crippen LogP contribution in [0.4, 0.5) is 0 Å². The smallest absolute Gasteiger partial charge is 0.0640 e. The zero-order valence-corrected chi connectivity index (χ0v) is 5.78. The van der Waals surface area contributed by atoms with Crippen LogP contribution in [0.25, 0.3) is 0 Å². The lowest BCUT2D eigenvalue weighted by Crippen LogP contribution is -2.24. The van der Waals surface area contributed by atoms with Crippen molar-refractivity contribution in [3.63, 3.8) is 0 Å². The maximum atomic E-state index is 9.51. The van der Waals surface area contributed by atoms with Crippen LogP contribution < -0.4 is 0 Å². The van der Waals surface area contributed by atoms with Gasteiger partial charge in [-0.25, -0.2) is 0 Å². The van der Waals surface area contributed by atoms with Crippen molar-refractivity contribution in [2.24, 2.45) is 0 Å². The minimum atomic E-state index is -0.554. The molecule has 0 saturated heterocycles. The Bertz CT molecular complexity index is 69.3. The van der Waals surface area contributed by atoms with Crippen LogP contribution in [0.15, 0.2) is 0 Å². The van der Waals surface area contributed by atoms with Crippen molar-refractivity contribution < 1.29 is 6.48 Å². The lowest BCUT2D eigenvalue weighted by atomic mass is 9.95. The molecule has 1 heteroatoms. The van der Waals surface area contributed by atoms with E-state index in [0.717, 1.165) is 12.8 Å². The normalized spacial score (nSPS) is 13.6. The van der Waals surface area contributed by atoms with E-state index in [9.17, 15) is 5.11 Å². The fraction of sp³-hybridized carbons (Fsp3) is 1.00. The van der Waals surface area contributed by atoms with Crippen molar-refractivity contribution in [1.82, 2.24) is 0 Å². The molecule has 0 atom stereocenters. The number of hydrogen-bond donors (Lipinski definition) is 1. The molecule has 0 unspecified atom stereocenters. The molecule has 0 aliphatic rings. The first-order valence-corrected chi connectivity index (χ1v) is 3.20. The summed E-state index contributed by atoms with van der Waals surface area (Å²) in [7, 11) is 0. The van der Waals surface area contributed by atoms with Crippen LogP contribution >= 0.6 is 0 Å². The Morgan fingerprint density at radius 2 is 1.88 bits per heavy atom. The monoisotopic (exact) mass is 117 g/mol. The van der Waals surface area contributed by atoms with Gasteiger partial charge in [0.1, 0.15) is 0 Å². The molecule has 0 aliphatic heterocycles. The van der Waals surface area contributed by atoms with Crippen LogP contribution in [-0.2, 0) is 0 Å². The number of aliphatic hydroxyl groups is 1. The van der Waals surface area contributed by atoms with Gasteiger partial charge in [0.2, 0.25) is 0 Å². The maximum Gasteiger partial charge on any atom is 0.0640 e. The molecular formula is C7H16O. The summed E-state index contributed by atoms with van der Waals surface area (Å²) in [4.78, 5) is 0. The molecule has 0 fully saturated rings. The van der Waals surface area contributed by atoms with Gasteiger partial charge >= 0.3 is 0 Å². The second-order valence-corrected chi connectivity index (χ2v) is 2.18. The molecule has 0 heterocycles. The third-order valence-electron chi connectivity index (χ3n) is 1.78. The predicted molar refractivity (Wildman–Crippen MR) is 35.8 cm³/mol. The fourth-order valence-electron chi connectivity index (χ4n) is 0.604. The molecule has 0 radical (unpaired) electrons. The molecule has 0 saturated carbocycles. The Labute approximate surface area is 53.1 Å². The lowest BCUT2D eigenvalue weighted by molar-refractivity contribution is 0.0285. The fourth-order valence-corrected chi connectivity index (χ4v) is 0.604. The van der Waals surface area contributed by atoms with Gasteiger partial charge in [-0.3, -0.25) is 0 Å². The first-order valence-electron chi connectivity index (χ1n) is 3.91. The molecule has 8 heavy (non-hydrogen) atoms. The summed E-state index contributed by atoms with van der Waals surface area (Å²) in [6.07, 6.45) is 2.14. The van der Waals surface area contributed by atoms with Crippen LogP contribution in [0, 0.1) is 0 Å². The molecule has 0 bridgehead atoms. The number of hydrogen-bond acceptors (Lipinski definition) is 1. The third-order valence-corrected chi connectivity index (χ3v) is 1.78. The van der Waals surface area contributed by atoms with Gasteiger partial charge in [-0.05, 0) is 19.3 Å². The molecule has 0 amide bonds. The molecule has 1 N–H and O–H groups in total. The maximum absolute atomic E-state index is 9.51. The minimum absolute atomic E-state index is 0.332. The Morgan fingerprint density at radius 3 is 2.00 bits per heavy atom. The van der Waals surface area contributed by atoms with E-state index in [1.54, 1.807) is 0 Å². The Kier molecular flexibility index (Phi) is 2.34. The van der Waals surface area contributed by atoms with Gasteiger partial charge < -0.3 is 5.11 Å². The van der Waals surface area contributed by atoms with Crippen molar-refractivity contribution in [2.75, 3.05) is 0 Å². The molecule has 0 aromatic carbocycles. The van der Waals surface area contributed by atoms with Gasteiger partial charge in [0.05, 0.1) is 5.60 Å². The zero-order chi connectivity index (χ0) is 7.33. The SMILES string of the molecule is [2H]CCC(O)(CC)CC.